The Morgan fingerprint density at radius 3 is 1.22 bits per heavy atom. The first-order valence-corrected chi connectivity index (χ1v) is 29.7. The van der Waals surface area contributed by atoms with E-state index in [1.165, 1.54) is 0 Å². The van der Waals surface area contributed by atoms with E-state index in [1.807, 2.05) is 38.4 Å². The number of ether oxygens (including phenoxy) is 6. The summed E-state index contributed by atoms with van der Waals surface area (Å²) < 4.78 is 90.4. The van der Waals surface area contributed by atoms with Crippen molar-refractivity contribution in [2.75, 3.05) is 133 Å². The Bertz CT molecular complexity index is 2650. The number of amides is 2. The summed E-state index contributed by atoms with van der Waals surface area (Å²) in [7, 11) is -3.67. The fourth-order valence-electron chi connectivity index (χ4n) is 8.79. The van der Waals surface area contributed by atoms with Crippen molar-refractivity contribution in [1.29, 1.82) is 0 Å². The minimum atomic E-state index is -3.82. The zero-order valence-corrected chi connectivity index (χ0v) is 48.1. The zero-order chi connectivity index (χ0) is 56.2. The first kappa shape index (κ1) is 63.6. The molecule has 2 aliphatic rings. The van der Waals surface area contributed by atoms with Crippen LogP contribution < -0.4 is 20.1 Å². The van der Waals surface area contributed by atoms with E-state index >= 15 is 0 Å². The quantitative estimate of drug-likeness (QED) is 0.0372. The first-order chi connectivity index (χ1) is 37.3. The van der Waals surface area contributed by atoms with Crippen molar-refractivity contribution in [3.8, 4) is 0 Å². The molecule has 6 N–H and O–H groups in total. The number of likely N-dealkylation sites (N-methyl/N-ethyl adjacent to an activating group) is 2. The Kier molecular flexibility index (Phi) is 25.7. The van der Waals surface area contributed by atoms with E-state index < -0.39 is 44.1 Å². The summed E-state index contributed by atoms with van der Waals surface area (Å²) in [6.07, 6.45) is -4.04. The highest BCUT2D eigenvalue weighted by atomic mass is 35.5. The summed E-state index contributed by atoms with van der Waals surface area (Å²) in [5.41, 5.74) is 5.57. The van der Waals surface area contributed by atoms with E-state index in [1.54, 1.807) is 48.5 Å². The summed E-state index contributed by atoms with van der Waals surface area (Å²) in [4.78, 5) is 29.1. The van der Waals surface area contributed by atoms with Gasteiger partial charge in [-0.2, -0.15) is 0 Å². The van der Waals surface area contributed by atoms with Crippen LogP contribution in [0.15, 0.2) is 82.6 Å². The predicted molar refractivity (Wildman–Crippen MR) is 295 cm³/mol. The molecule has 2 aliphatic heterocycles. The Hall–Kier alpha value is -3.60. The van der Waals surface area contributed by atoms with Crippen LogP contribution in [0.5, 0.6) is 0 Å². The summed E-state index contributed by atoms with van der Waals surface area (Å²) in [6, 6.07) is 20.9. The fraction of sp³-hybridized carbons (Fsp3) is 0.500. The second kappa shape index (κ2) is 31.6. The monoisotopic (exact) mass is 1200 g/mol. The highest BCUT2D eigenvalue weighted by Gasteiger charge is 2.32. The van der Waals surface area contributed by atoms with Gasteiger partial charge in [0.05, 0.1) is 89.1 Å². The van der Waals surface area contributed by atoms with Gasteiger partial charge in [0, 0.05) is 84.3 Å². The molecule has 4 aromatic carbocycles. The summed E-state index contributed by atoms with van der Waals surface area (Å²) in [5.74, 6) is -2.15. The van der Waals surface area contributed by atoms with E-state index in [0.717, 1.165) is 33.4 Å². The normalized spacial score (nSPS) is 16.8. The number of carbonyl (C=O) groups excluding carboxylic acids is 2. The molecule has 78 heavy (non-hydrogen) atoms. The van der Waals surface area contributed by atoms with Crippen LogP contribution in [0.25, 0.3) is 0 Å². The number of benzene rings is 4. The van der Waals surface area contributed by atoms with Gasteiger partial charge in [-0.1, -0.05) is 70.7 Å². The van der Waals surface area contributed by atoms with Gasteiger partial charge in [0.1, 0.15) is 0 Å². The van der Waals surface area contributed by atoms with Crippen molar-refractivity contribution < 1.29 is 65.1 Å². The Labute approximate surface area is 476 Å². The van der Waals surface area contributed by atoms with E-state index in [4.69, 9.17) is 74.8 Å². The van der Waals surface area contributed by atoms with Gasteiger partial charge in [0.2, 0.25) is 20.0 Å². The minimum Gasteiger partial charge on any atom is -0.380 e. The number of hydrogen-bond donors (Lipinski definition) is 6. The van der Waals surface area contributed by atoms with Crippen LogP contribution in [-0.2, 0) is 71.1 Å². The third-order valence-corrected chi connectivity index (χ3v) is 16.6. The predicted octanol–water partition coefficient (Wildman–Crippen LogP) is 3.77. The smallest absolute Gasteiger partial charge is 0.252 e. The molecule has 2 amide bonds. The number of aliphatic hydroxyl groups excluding tert-OH is 2. The number of hydrogen-bond acceptors (Lipinski definition) is 16. The highest BCUT2D eigenvalue weighted by molar-refractivity contribution is 7.89. The number of nitrogens with one attached hydrogen (secondary N) is 4. The van der Waals surface area contributed by atoms with Gasteiger partial charge in [0.15, 0.2) is 12.2 Å². The van der Waals surface area contributed by atoms with Crippen molar-refractivity contribution in [2.24, 2.45) is 0 Å². The van der Waals surface area contributed by atoms with Gasteiger partial charge >= 0.3 is 0 Å². The number of carbonyl (C=O) groups is 2. The van der Waals surface area contributed by atoms with Gasteiger partial charge in [-0.15, -0.1) is 0 Å². The first-order valence-electron chi connectivity index (χ1n) is 25.2. The largest absolute Gasteiger partial charge is 0.380 e. The number of sulfonamides is 2. The highest BCUT2D eigenvalue weighted by Crippen LogP contribution is 2.40. The van der Waals surface area contributed by atoms with E-state index in [9.17, 15) is 36.6 Å². The van der Waals surface area contributed by atoms with Crippen molar-refractivity contribution in [1.82, 2.24) is 29.9 Å². The van der Waals surface area contributed by atoms with E-state index in [2.05, 4.69) is 29.9 Å². The molecule has 26 heteroatoms. The second-order valence-electron chi connectivity index (χ2n) is 18.5. The Morgan fingerprint density at radius 2 is 0.859 bits per heavy atom. The SMILES string of the molecule is CN1Cc2c(Cl)cc(Cl)cc2[C@H](c2cccc(S(=O)(=O)NCCOCCOCCOCCNC(=O)[C@H](O)[C@@H](O)C(=O)NCCOCCOCCOCCNS(=O)(=O)c3cccc([C@@H]4CN(C)Cc5c(Cl)cc(Cl)cc54)c3)c2)C1. The van der Waals surface area contributed by atoms with E-state index in [0.29, 0.717) is 46.3 Å². The topological polar surface area (TPSA) is 253 Å². The molecule has 4 atom stereocenters. The summed E-state index contributed by atoms with van der Waals surface area (Å²) >= 11 is 25.7. The zero-order valence-electron chi connectivity index (χ0n) is 43.4. The molecule has 0 aliphatic carbocycles. The molecule has 20 nitrogen and oxygen atoms in total. The molecule has 0 fully saturated rings. The maximum atomic E-state index is 13.1. The van der Waals surface area contributed by atoms with Crippen molar-refractivity contribution in [3.05, 3.63) is 126 Å². The molecule has 0 unspecified atom stereocenters. The third kappa shape index (κ3) is 19.3. The number of halogens is 4. The molecule has 0 bridgehead atoms. The van der Waals surface area contributed by atoms with Crippen molar-refractivity contribution in [3.63, 3.8) is 0 Å². The molecule has 4 aromatic rings. The van der Waals surface area contributed by atoms with Crippen LogP contribution in [0, 0.1) is 0 Å². The molecule has 0 saturated heterocycles. The average Bonchev–Trinajstić information content (AvgIpc) is 3.50. The molecule has 0 spiro atoms. The Morgan fingerprint density at radius 1 is 0.526 bits per heavy atom. The van der Waals surface area contributed by atoms with Crippen LogP contribution in [0.2, 0.25) is 20.1 Å². The van der Waals surface area contributed by atoms with Crippen molar-refractivity contribution in [2.45, 2.75) is 46.9 Å². The maximum absolute atomic E-state index is 13.1. The third-order valence-electron chi connectivity index (χ3n) is 12.6. The maximum Gasteiger partial charge on any atom is 0.252 e. The number of fused-ring (bicyclic) bond motifs is 2. The second-order valence-corrected chi connectivity index (χ2v) is 23.7. The van der Waals surface area contributed by atoms with Gasteiger partial charge in [-0.25, -0.2) is 26.3 Å². The van der Waals surface area contributed by atoms with Gasteiger partial charge in [-0.05, 0) is 96.0 Å². The number of rotatable bonds is 33. The molecular weight excluding hydrogens is 1140 g/mol. The van der Waals surface area contributed by atoms with Crippen molar-refractivity contribution >= 4 is 78.3 Å². The van der Waals surface area contributed by atoms with Crippen LogP contribution in [-0.4, -0.2) is 194 Å². The van der Waals surface area contributed by atoms with Crippen LogP contribution in [0.4, 0.5) is 0 Å². The lowest BCUT2D eigenvalue weighted by Gasteiger charge is -2.33. The standard InChI is InChI=1S/C52H68Cl4N6O14S2/c1-61-31-43(41-27-37(53)29-47(55)45(41)33-61)35-5-3-7-39(25-35)77(67,68)59-11-15-73-19-23-75-21-17-71-13-9-57-51(65)49(63)50(64)52(66)58-10-14-72-18-22-76-24-20-74-16-12-60-78(69,70)40-8-4-6-36(26-40)44-32-62(2)34-46-42(44)28-38(54)30-48(46)56/h3-8,25-30,43-44,49-50,59-60,63-64H,9-24,31-34H2,1-2H3,(H,57,65)(H,58,66)/t43-,44-,49+,50+/m0/s1. The number of aliphatic hydroxyl groups is 2. The van der Waals surface area contributed by atoms with E-state index in [-0.39, 0.29) is 127 Å². The van der Waals surface area contributed by atoms with Gasteiger partial charge < -0.3 is 59.1 Å². The lowest BCUT2D eigenvalue weighted by molar-refractivity contribution is -0.146. The lowest BCUT2D eigenvalue weighted by atomic mass is 9.85. The molecule has 0 radical (unpaired) electrons. The lowest BCUT2D eigenvalue weighted by Crippen LogP contribution is -2.50. The fourth-order valence-corrected chi connectivity index (χ4v) is 12.1. The summed E-state index contributed by atoms with van der Waals surface area (Å²) in [5, 5.41) is 27.3. The molecule has 0 saturated carbocycles. The average molecular weight is 1210 g/mol. The molecule has 6 rings (SSSR count). The van der Waals surface area contributed by atoms with Crippen LogP contribution in [0.1, 0.15) is 45.2 Å². The van der Waals surface area contributed by atoms with Gasteiger partial charge in [-0.3, -0.25) is 9.59 Å². The molecule has 430 valence electrons. The minimum absolute atomic E-state index is 0.00803. The summed E-state index contributed by atoms with van der Waals surface area (Å²) in [6.45, 7) is 4.80. The number of nitrogens with zero attached hydrogens (tertiary/aromatic N) is 2. The molecule has 2 heterocycles. The molecular formula is C52H68Cl4N6O14S2. The van der Waals surface area contributed by atoms with Crippen LogP contribution in [0.3, 0.4) is 0 Å². The Balaban J connectivity index is 0.717. The van der Waals surface area contributed by atoms with Gasteiger partial charge in [0.25, 0.3) is 11.8 Å². The molecule has 0 aromatic heterocycles. The van der Waals surface area contributed by atoms with Crippen LogP contribution >= 0.6 is 46.4 Å².